The number of aromatic nitrogens is 3. The van der Waals surface area contributed by atoms with Gasteiger partial charge in [-0.3, -0.25) is 14.6 Å². The Morgan fingerprint density at radius 3 is 2.49 bits per heavy atom. The first-order chi connectivity index (χ1) is 31.4. The molecule has 0 atom stereocenters. The van der Waals surface area contributed by atoms with Crippen LogP contribution in [0.1, 0.15) is 80.3 Å². The Bertz CT molecular complexity index is 2710. The number of carbonyl (C=O) groups excluding carboxylic acids is 1. The number of fused-ring (bicyclic) bond motifs is 1. The number of allylic oxidation sites excluding steroid dienone is 1. The van der Waals surface area contributed by atoms with Crippen LogP contribution in [0, 0.1) is 16.7 Å². The van der Waals surface area contributed by atoms with Gasteiger partial charge in [-0.05, 0) is 104 Å². The first-order valence-electron chi connectivity index (χ1n) is 22.6. The summed E-state index contributed by atoms with van der Waals surface area (Å²) in [5.74, 6) is 0.00304. The number of piperazine rings is 1. The maximum Gasteiger partial charge on any atom is 0.268 e. The van der Waals surface area contributed by atoms with Gasteiger partial charge < -0.3 is 24.7 Å². The lowest BCUT2D eigenvalue weighted by molar-refractivity contribution is 0.00790. The van der Waals surface area contributed by atoms with Gasteiger partial charge in [0.15, 0.2) is 0 Å². The highest BCUT2D eigenvalue weighted by atomic mass is 35.5. The lowest BCUT2D eigenvalue weighted by Gasteiger charge is -2.39. The van der Waals surface area contributed by atoms with Crippen LogP contribution < -0.4 is 19.7 Å². The summed E-state index contributed by atoms with van der Waals surface area (Å²) in [5, 5.41) is 15.0. The van der Waals surface area contributed by atoms with Crippen molar-refractivity contribution in [2.75, 3.05) is 69.2 Å². The lowest BCUT2D eigenvalue weighted by Crippen LogP contribution is -2.47. The molecule has 3 aromatic heterocycles. The summed E-state index contributed by atoms with van der Waals surface area (Å²) in [6.45, 7) is 12.2. The average molecular weight is 919 g/mol. The number of benzene rings is 2. The van der Waals surface area contributed by atoms with Crippen molar-refractivity contribution < 1.29 is 22.7 Å². The second-order valence-corrected chi connectivity index (χ2v) is 20.6. The van der Waals surface area contributed by atoms with Gasteiger partial charge in [-0.2, -0.15) is 5.26 Å². The zero-order valence-corrected chi connectivity index (χ0v) is 38.6. The number of ether oxygens (including phenoxy) is 2. The molecule has 5 heterocycles. The van der Waals surface area contributed by atoms with E-state index < -0.39 is 15.9 Å². The lowest BCUT2D eigenvalue weighted by atomic mass is 9.72. The van der Waals surface area contributed by atoms with Crippen molar-refractivity contribution in [3.8, 4) is 17.6 Å². The standard InChI is InChI=1S/C49H56ClN9O5S/c1-49(2)15-13-35(44(28-49)33-3-5-37(50)6-4-33)32-57-17-19-58(20-18-57)40-11-12-43(45(27-40)64-41-25-34-14-16-52-46(34)53-30-41)48(60)56-65(61,62)42-26-36(29-51)47(54-31-42)55-38-7-9-39(10-8-38)59-21-23-63-24-22-59/h3-6,11-12,14,16,25-27,30-31,38-39H,7-10,13,15,17-24,28,32H2,1-2H3,(H,52,53)(H,54,55)(H,56,60). The number of sulfonamides is 1. The van der Waals surface area contributed by atoms with Crippen LogP contribution in [0.5, 0.6) is 11.5 Å². The van der Waals surface area contributed by atoms with Gasteiger partial charge in [0, 0.05) is 92.5 Å². The summed E-state index contributed by atoms with van der Waals surface area (Å²) in [6, 6.07) is 21.1. The van der Waals surface area contributed by atoms with Crippen LogP contribution in [0.3, 0.4) is 0 Å². The molecule has 14 nitrogen and oxygen atoms in total. The third-order valence-corrected chi connectivity index (χ3v) is 15.0. The fourth-order valence-corrected chi connectivity index (χ4v) is 10.8. The Kier molecular flexibility index (Phi) is 13.2. The van der Waals surface area contributed by atoms with E-state index in [9.17, 15) is 18.5 Å². The molecule has 340 valence electrons. The quantitative estimate of drug-likeness (QED) is 0.110. The van der Waals surface area contributed by atoms with Gasteiger partial charge in [0.25, 0.3) is 15.9 Å². The minimum atomic E-state index is -4.45. The number of aromatic amines is 1. The summed E-state index contributed by atoms with van der Waals surface area (Å²) >= 11 is 6.26. The number of nitrogens with zero attached hydrogens (tertiary/aromatic N) is 6. The van der Waals surface area contributed by atoms with Gasteiger partial charge in [0.05, 0.1) is 30.5 Å². The Labute approximate surface area is 386 Å². The van der Waals surface area contributed by atoms with Crippen molar-refractivity contribution in [1.82, 2.24) is 29.5 Å². The van der Waals surface area contributed by atoms with Crippen LogP contribution in [0.2, 0.25) is 5.02 Å². The maximum absolute atomic E-state index is 14.0. The van der Waals surface area contributed by atoms with Crippen LogP contribution in [0.4, 0.5) is 11.5 Å². The van der Waals surface area contributed by atoms with Crippen LogP contribution in [0.15, 0.2) is 89.7 Å². The number of rotatable bonds is 12. The molecule has 0 radical (unpaired) electrons. The molecule has 2 aliphatic heterocycles. The van der Waals surface area contributed by atoms with Gasteiger partial charge in [0.2, 0.25) is 0 Å². The molecule has 9 rings (SSSR count). The summed E-state index contributed by atoms with van der Waals surface area (Å²) in [5.41, 5.74) is 6.02. The molecule has 1 saturated carbocycles. The maximum atomic E-state index is 14.0. The van der Waals surface area contributed by atoms with Gasteiger partial charge in [-0.15, -0.1) is 0 Å². The molecule has 3 fully saturated rings. The number of nitriles is 1. The van der Waals surface area contributed by atoms with Gasteiger partial charge in [-0.25, -0.2) is 23.1 Å². The topological polar surface area (TPSA) is 169 Å². The highest BCUT2D eigenvalue weighted by Crippen LogP contribution is 2.43. The first-order valence-corrected chi connectivity index (χ1v) is 24.5. The number of amides is 1. The van der Waals surface area contributed by atoms with Crippen molar-refractivity contribution in [2.24, 2.45) is 5.41 Å². The Balaban J connectivity index is 0.895. The van der Waals surface area contributed by atoms with E-state index in [2.05, 4.69) is 71.7 Å². The number of pyridine rings is 2. The molecule has 2 aliphatic carbocycles. The molecule has 0 unspecified atom stereocenters. The van der Waals surface area contributed by atoms with Gasteiger partial charge in [-0.1, -0.05) is 43.2 Å². The smallest absolute Gasteiger partial charge is 0.268 e. The largest absolute Gasteiger partial charge is 0.455 e. The van der Waals surface area contributed by atoms with Gasteiger partial charge in [0.1, 0.15) is 33.9 Å². The second kappa shape index (κ2) is 19.1. The molecule has 4 aliphatic rings. The Morgan fingerprint density at radius 2 is 1.74 bits per heavy atom. The molecular weight excluding hydrogens is 862 g/mol. The molecular formula is C49H56ClN9O5S. The highest BCUT2D eigenvalue weighted by molar-refractivity contribution is 7.90. The summed E-state index contributed by atoms with van der Waals surface area (Å²) in [4.78, 5) is 32.9. The molecule has 0 bridgehead atoms. The number of H-pyrrole nitrogens is 1. The van der Waals surface area contributed by atoms with Crippen molar-refractivity contribution >= 4 is 55.6 Å². The fourth-order valence-electron chi connectivity index (χ4n) is 9.73. The molecule has 65 heavy (non-hydrogen) atoms. The van der Waals surface area contributed by atoms with Crippen molar-refractivity contribution in [1.29, 1.82) is 5.26 Å². The number of morpholine rings is 1. The fraction of sp³-hybridized carbons (Fsp3) is 0.429. The zero-order valence-electron chi connectivity index (χ0n) is 37.0. The molecule has 0 spiro atoms. The third-order valence-electron chi connectivity index (χ3n) is 13.5. The van der Waals surface area contributed by atoms with E-state index in [1.54, 1.807) is 24.5 Å². The number of hydrogen-bond donors (Lipinski definition) is 3. The number of carbonyl (C=O) groups is 1. The molecule has 1 amide bonds. The third kappa shape index (κ3) is 10.5. The van der Waals surface area contributed by atoms with Crippen LogP contribution in [-0.4, -0.2) is 110 Å². The van der Waals surface area contributed by atoms with Crippen LogP contribution >= 0.6 is 11.6 Å². The number of anilines is 2. The number of halogens is 1. The average Bonchev–Trinajstić information content (AvgIpc) is 3.79. The summed E-state index contributed by atoms with van der Waals surface area (Å²) in [7, 11) is -4.45. The number of hydrogen-bond acceptors (Lipinski definition) is 12. The predicted molar refractivity (Wildman–Crippen MR) is 253 cm³/mol. The van der Waals surface area contributed by atoms with Crippen molar-refractivity contribution in [3.05, 3.63) is 107 Å². The SMILES string of the molecule is CC1(C)CCC(CN2CCN(c3ccc(C(=O)NS(=O)(=O)c4cnc(NC5CCC(N6CCOCC6)CC5)c(C#N)c4)c(Oc4cnc5[nH]ccc5c4)c3)CC2)=C(c2ccc(Cl)cc2)C1. The first kappa shape index (κ1) is 44.7. The number of nitrogens with one attached hydrogen (secondary N) is 3. The Hall–Kier alpha value is -5.50. The molecule has 2 aromatic carbocycles. The van der Waals surface area contributed by atoms with Crippen LogP contribution in [0.25, 0.3) is 16.6 Å². The Morgan fingerprint density at radius 1 is 0.969 bits per heavy atom. The van der Waals surface area contributed by atoms with Crippen LogP contribution in [-0.2, 0) is 14.8 Å². The molecule has 2 saturated heterocycles. The molecule has 5 aromatic rings. The molecule has 3 N–H and O–H groups in total. The van der Waals surface area contributed by atoms with E-state index in [1.165, 1.54) is 29.0 Å². The van der Waals surface area contributed by atoms with Crippen molar-refractivity contribution in [3.63, 3.8) is 0 Å². The van der Waals surface area contributed by atoms with E-state index in [4.69, 9.17) is 21.1 Å². The van der Waals surface area contributed by atoms with E-state index in [0.717, 1.165) is 120 Å². The van der Waals surface area contributed by atoms with E-state index >= 15 is 0 Å². The monoisotopic (exact) mass is 917 g/mol. The van der Waals surface area contributed by atoms with E-state index in [1.807, 2.05) is 30.3 Å². The van der Waals surface area contributed by atoms with Crippen molar-refractivity contribution in [2.45, 2.75) is 75.8 Å². The van der Waals surface area contributed by atoms with E-state index in [-0.39, 0.29) is 33.2 Å². The predicted octanol–water partition coefficient (Wildman–Crippen LogP) is 8.24. The minimum Gasteiger partial charge on any atom is -0.455 e. The summed E-state index contributed by atoms with van der Waals surface area (Å²) < 4.78 is 41.7. The van der Waals surface area contributed by atoms with E-state index in [0.29, 0.717) is 23.3 Å². The van der Waals surface area contributed by atoms with Gasteiger partial charge >= 0.3 is 0 Å². The second-order valence-electron chi connectivity index (χ2n) is 18.5. The summed E-state index contributed by atoms with van der Waals surface area (Å²) in [6.07, 6.45) is 11.6. The zero-order chi connectivity index (χ0) is 45.1. The normalized spacial score (nSPS) is 20.9. The minimum absolute atomic E-state index is 0.0199. The molecule has 16 heteroatoms. The highest BCUT2D eigenvalue weighted by Gasteiger charge is 2.31.